The molecule has 0 N–H and O–H groups in total. The number of anilines is 1. The van der Waals surface area contributed by atoms with Gasteiger partial charge in [0.25, 0.3) is 0 Å². The number of aromatic nitrogens is 2. The SMILES string of the molecule is O=C1CCCN(CCn2cccn2)c2ccccc21. The topological polar surface area (TPSA) is 38.1 Å². The van der Waals surface area contributed by atoms with Crippen LogP contribution >= 0.6 is 0 Å². The lowest BCUT2D eigenvalue weighted by molar-refractivity contribution is 0.0984. The molecule has 0 aliphatic carbocycles. The van der Waals surface area contributed by atoms with E-state index in [0.717, 1.165) is 37.3 Å². The van der Waals surface area contributed by atoms with Crippen molar-refractivity contribution in [2.45, 2.75) is 19.4 Å². The number of hydrogen-bond donors (Lipinski definition) is 0. The van der Waals surface area contributed by atoms with E-state index in [2.05, 4.69) is 10.00 Å². The van der Waals surface area contributed by atoms with Crippen molar-refractivity contribution in [3.05, 3.63) is 48.3 Å². The summed E-state index contributed by atoms with van der Waals surface area (Å²) in [5, 5.41) is 4.22. The first-order valence-electron chi connectivity index (χ1n) is 6.69. The van der Waals surface area contributed by atoms with Crippen LogP contribution in [0, 0.1) is 0 Å². The Bertz CT molecular complexity index is 563. The number of fused-ring (bicyclic) bond motifs is 1. The van der Waals surface area contributed by atoms with E-state index in [-0.39, 0.29) is 5.78 Å². The van der Waals surface area contributed by atoms with Crippen molar-refractivity contribution in [1.29, 1.82) is 0 Å². The van der Waals surface area contributed by atoms with Gasteiger partial charge in [0.05, 0.1) is 6.54 Å². The maximum Gasteiger partial charge on any atom is 0.165 e. The van der Waals surface area contributed by atoms with Crippen molar-refractivity contribution < 1.29 is 4.79 Å². The maximum absolute atomic E-state index is 12.0. The van der Waals surface area contributed by atoms with E-state index in [1.807, 2.05) is 41.2 Å². The molecule has 1 aromatic heterocycles. The summed E-state index contributed by atoms with van der Waals surface area (Å²) >= 11 is 0. The Morgan fingerprint density at radius 1 is 1.16 bits per heavy atom. The van der Waals surface area contributed by atoms with Crippen molar-refractivity contribution in [2.24, 2.45) is 0 Å². The number of Topliss-reactive ketones (excluding diaryl/α,β-unsaturated/α-hetero) is 1. The molecule has 0 bridgehead atoms. The molecule has 1 aliphatic heterocycles. The van der Waals surface area contributed by atoms with Gasteiger partial charge in [0.2, 0.25) is 0 Å². The zero-order valence-corrected chi connectivity index (χ0v) is 10.8. The van der Waals surface area contributed by atoms with E-state index in [0.29, 0.717) is 6.42 Å². The first-order valence-corrected chi connectivity index (χ1v) is 6.69. The minimum Gasteiger partial charge on any atom is -0.369 e. The predicted molar refractivity (Wildman–Crippen MR) is 74.4 cm³/mol. The highest BCUT2D eigenvalue weighted by Crippen LogP contribution is 2.25. The summed E-state index contributed by atoms with van der Waals surface area (Å²) in [6.07, 6.45) is 5.33. The second-order valence-corrected chi connectivity index (χ2v) is 4.80. The first kappa shape index (κ1) is 12.0. The lowest BCUT2D eigenvalue weighted by atomic mass is 10.1. The smallest absolute Gasteiger partial charge is 0.165 e. The molecule has 0 fully saturated rings. The van der Waals surface area contributed by atoms with Gasteiger partial charge in [0, 0.05) is 43.2 Å². The van der Waals surface area contributed by atoms with Crippen molar-refractivity contribution in [3.63, 3.8) is 0 Å². The van der Waals surface area contributed by atoms with E-state index in [1.54, 1.807) is 6.20 Å². The highest BCUT2D eigenvalue weighted by molar-refractivity contribution is 6.01. The van der Waals surface area contributed by atoms with Gasteiger partial charge in [-0.3, -0.25) is 9.48 Å². The van der Waals surface area contributed by atoms with Crippen LogP contribution in [-0.2, 0) is 6.54 Å². The molecule has 0 saturated heterocycles. The fraction of sp³-hybridized carbons (Fsp3) is 0.333. The van der Waals surface area contributed by atoms with Gasteiger partial charge >= 0.3 is 0 Å². The molecule has 3 rings (SSSR count). The number of ketones is 1. The van der Waals surface area contributed by atoms with Crippen molar-refractivity contribution in [2.75, 3.05) is 18.0 Å². The summed E-state index contributed by atoms with van der Waals surface area (Å²) in [5.74, 6) is 0.261. The summed E-state index contributed by atoms with van der Waals surface area (Å²) in [6, 6.07) is 9.84. The van der Waals surface area contributed by atoms with Crippen LogP contribution in [0.2, 0.25) is 0 Å². The Kier molecular flexibility index (Phi) is 3.31. The lowest BCUT2D eigenvalue weighted by Crippen LogP contribution is -2.28. The number of benzene rings is 1. The molecule has 1 aliphatic rings. The van der Waals surface area contributed by atoms with Crippen LogP contribution in [0.3, 0.4) is 0 Å². The molecular weight excluding hydrogens is 238 g/mol. The normalized spacial score (nSPS) is 15.2. The number of carbonyl (C=O) groups is 1. The molecule has 1 aromatic carbocycles. The van der Waals surface area contributed by atoms with Gasteiger partial charge in [0.1, 0.15) is 0 Å². The summed E-state index contributed by atoms with van der Waals surface area (Å²) in [7, 11) is 0. The minimum atomic E-state index is 0.261. The zero-order chi connectivity index (χ0) is 13.1. The third kappa shape index (κ3) is 2.52. The van der Waals surface area contributed by atoms with Crippen LogP contribution in [-0.4, -0.2) is 28.7 Å². The summed E-state index contributed by atoms with van der Waals surface area (Å²) in [5.41, 5.74) is 1.93. The largest absolute Gasteiger partial charge is 0.369 e. The van der Waals surface area contributed by atoms with Gasteiger partial charge in [-0.1, -0.05) is 12.1 Å². The van der Waals surface area contributed by atoms with Crippen LogP contribution < -0.4 is 4.90 Å². The average molecular weight is 255 g/mol. The molecule has 0 radical (unpaired) electrons. The maximum atomic E-state index is 12.0. The number of rotatable bonds is 3. The number of hydrogen-bond acceptors (Lipinski definition) is 3. The summed E-state index contributed by atoms with van der Waals surface area (Å²) < 4.78 is 1.93. The monoisotopic (exact) mass is 255 g/mol. The van der Waals surface area contributed by atoms with Crippen LogP contribution in [0.1, 0.15) is 23.2 Å². The number of carbonyl (C=O) groups excluding carboxylic acids is 1. The molecule has 4 nitrogen and oxygen atoms in total. The molecule has 98 valence electrons. The van der Waals surface area contributed by atoms with E-state index >= 15 is 0 Å². The molecule has 2 aromatic rings. The van der Waals surface area contributed by atoms with Gasteiger partial charge in [-0.2, -0.15) is 5.10 Å². The Morgan fingerprint density at radius 2 is 2.05 bits per heavy atom. The lowest BCUT2D eigenvalue weighted by Gasteiger charge is -2.24. The Labute approximate surface area is 112 Å². The Morgan fingerprint density at radius 3 is 2.89 bits per heavy atom. The highest BCUT2D eigenvalue weighted by Gasteiger charge is 2.19. The molecule has 0 spiro atoms. The third-order valence-electron chi connectivity index (χ3n) is 3.54. The number of para-hydroxylation sites is 1. The molecule has 2 heterocycles. The standard InChI is InChI=1S/C15H17N3O/c19-15-7-3-9-17(11-12-18-10-4-8-16-18)14-6-2-1-5-13(14)15/h1-2,4-6,8,10H,3,7,9,11-12H2. The third-order valence-corrected chi connectivity index (χ3v) is 3.54. The highest BCUT2D eigenvalue weighted by atomic mass is 16.1. The molecule has 0 amide bonds. The number of nitrogens with zero attached hydrogens (tertiary/aromatic N) is 3. The van der Waals surface area contributed by atoms with Crippen LogP contribution in [0.5, 0.6) is 0 Å². The van der Waals surface area contributed by atoms with E-state index in [9.17, 15) is 4.79 Å². The Balaban J connectivity index is 1.81. The fourth-order valence-corrected chi connectivity index (χ4v) is 2.56. The molecule has 0 saturated carbocycles. The molecular formula is C15H17N3O. The van der Waals surface area contributed by atoms with Gasteiger partial charge in [0.15, 0.2) is 5.78 Å². The minimum absolute atomic E-state index is 0.261. The zero-order valence-electron chi connectivity index (χ0n) is 10.8. The van der Waals surface area contributed by atoms with Crippen molar-refractivity contribution in [3.8, 4) is 0 Å². The first-order chi connectivity index (χ1) is 9.34. The van der Waals surface area contributed by atoms with Crippen molar-refractivity contribution in [1.82, 2.24) is 9.78 Å². The summed E-state index contributed by atoms with van der Waals surface area (Å²) in [6.45, 7) is 2.66. The fourth-order valence-electron chi connectivity index (χ4n) is 2.56. The second kappa shape index (κ2) is 5.26. The second-order valence-electron chi connectivity index (χ2n) is 4.80. The van der Waals surface area contributed by atoms with Crippen LogP contribution in [0.25, 0.3) is 0 Å². The Hall–Kier alpha value is -2.10. The van der Waals surface area contributed by atoms with Gasteiger partial charge in [-0.15, -0.1) is 0 Å². The van der Waals surface area contributed by atoms with Gasteiger partial charge in [-0.25, -0.2) is 0 Å². The molecule has 0 atom stereocenters. The summed E-state index contributed by atoms with van der Waals surface area (Å²) in [4.78, 5) is 14.3. The van der Waals surface area contributed by atoms with Gasteiger partial charge in [-0.05, 0) is 24.6 Å². The quantitative estimate of drug-likeness (QED) is 0.845. The molecule has 4 heteroatoms. The molecule has 19 heavy (non-hydrogen) atoms. The van der Waals surface area contributed by atoms with Crippen LogP contribution in [0.15, 0.2) is 42.7 Å². The van der Waals surface area contributed by atoms with E-state index in [4.69, 9.17) is 0 Å². The average Bonchev–Trinajstić information content (AvgIpc) is 2.90. The molecule has 0 unspecified atom stereocenters. The van der Waals surface area contributed by atoms with Crippen molar-refractivity contribution >= 4 is 11.5 Å². The predicted octanol–water partition coefficient (Wildman–Crippen LogP) is 2.37. The van der Waals surface area contributed by atoms with E-state index in [1.165, 1.54) is 0 Å². The van der Waals surface area contributed by atoms with Crippen LogP contribution in [0.4, 0.5) is 5.69 Å². The van der Waals surface area contributed by atoms with Gasteiger partial charge < -0.3 is 4.90 Å². The van der Waals surface area contributed by atoms with E-state index < -0.39 is 0 Å².